The van der Waals surface area contributed by atoms with Crippen LogP contribution in [0.15, 0.2) is 23.9 Å². The number of hydrogen-bond donors (Lipinski definition) is 1. The number of benzene rings is 1. The highest BCUT2D eigenvalue weighted by Crippen LogP contribution is 2.28. The third-order valence-corrected chi connectivity index (χ3v) is 3.96. The Balaban J connectivity index is 2.07. The molecular formula is C18H21N3O7. The number of likely N-dealkylation sites (N-methyl/N-ethyl adjacent to an activating group) is 1. The molecule has 10 nitrogen and oxygen atoms in total. The topological polar surface area (TPSA) is 128 Å². The van der Waals surface area contributed by atoms with E-state index in [-0.39, 0.29) is 22.9 Å². The van der Waals surface area contributed by atoms with Gasteiger partial charge in [0.05, 0.1) is 23.7 Å². The molecule has 1 aliphatic heterocycles. The van der Waals surface area contributed by atoms with Crippen molar-refractivity contribution in [2.75, 3.05) is 20.3 Å². The van der Waals surface area contributed by atoms with E-state index in [1.165, 1.54) is 31.3 Å². The van der Waals surface area contributed by atoms with E-state index in [0.29, 0.717) is 38.2 Å². The van der Waals surface area contributed by atoms with Gasteiger partial charge in [-0.3, -0.25) is 29.9 Å². The summed E-state index contributed by atoms with van der Waals surface area (Å²) in [6.07, 6.45) is 2.76. The van der Waals surface area contributed by atoms with E-state index in [1.54, 1.807) is 6.92 Å². The molecule has 1 N–H and O–H groups in total. The Labute approximate surface area is 161 Å². The van der Waals surface area contributed by atoms with Crippen LogP contribution in [-0.2, 0) is 14.3 Å². The summed E-state index contributed by atoms with van der Waals surface area (Å²) in [7, 11) is 1.39. The first-order valence-corrected chi connectivity index (χ1v) is 8.71. The third kappa shape index (κ3) is 5.29. The van der Waals surface area contributed by atoms with Crippen molar-refractivity contribution >= 4 is 29.7 Å². The molecule has 1 fully saturated rings. The van der Waals surface area contributed by atoms with Gasteiger partial charge in [-0.25, -0.2) is 4.79 Å². The number of imide groups is 1. The van der Waals surface area contributed by atoms with Crippen molar-refractivity contribution in [2.45, 2.75) is 26.2 Å². The molecule has 0 aliphatic carbocycles. The van der Waals surface area contributed by atoms with Crippen LogP contribution in [0.5, 0.6) is 5.75 Å². The molecule has 1 aromatic rings. The molecule has 3 amide bonds. The van der Waals surface area contributed by atoms with E-state index in [1.807, 2.05) is 0 Å². The van der Waals surface area contributed by atoms with Gasteiger partial charge in [0.25, 0.3) is 11.6 Å². The van der Waals surface area contributed by atoms with Gasteiger partial charge in [0.1, 0.15) is 11.4 Å². The van der Waals surface area contributed by atoms with Crippen molar-refractivity contribution in [3.63, 3.8) is 0 Å². The maximum Gasteiger partial charge on any atom is 0.328 e. The lowest BCUT2D eigenvalue weighted by atomic mass is 10.1. The summed E-state index contributed by atoms with van der Waals surface area (Å²) in [6, 6.07) is 3.55. The van der Waals surface area contributed by atoms with Gasteiger partial charge in [0.2, 0.25) is 0 Å². The van der Waals surface area contributed by atoms with E-state index in [0.717, 1.165) is 4.90 Å². The Kier molecular flexibility index (Phi) is 7.08. The van der Waals surface area contributed by atoms with Crippen molar-refractivity contribution in [1.82, 2.24) is 10.2 Å². The second-order valence-electron chi connectivity index (χ2n) is 5.94. The molecule has 1 aromatic carbocycles. The molecule has 2 rings (SSSR count). The normalized spacial score (nSPS) is 14.9. The molecule has 0 saturated carbocycles. The van der Waals surface area contributed by atoms with E-state index >= 15 is 0 Å². The van der Waals surface area contributed by atoms with E-state index in [9.17, 15) is 24.5 Å². The summed E-state index contributed by atoms with van der Waals surface area (Å²) in [5, 5.41) is 13.4. The van der Waals surface area contributed by atoms with Crippen LogP contribution in [0.1, 0.15) is 31.7 Å². The number of rotatable bonds is 9. The number of ether oxygens (including phenoxy) is 2. The molecule has 1 aliphatic rings. The smallest absolute Gasteiger partial charge is 0.328 e. The monoisotopic (exact) mass is 391 g/mol. The number of urea groups is 1. The van der Waals surface area contributed by atoms with Gasteiger partial charge in [0.15, 0.2) is 0 Å². The van der Waals surface area contributed by atoms with Crippen molar-refractivity contribution in [3.05, 3.63) is 39.6 Å². The maximum atomic E-state index is 11.8. The molecule has 0 atom stereocenters. The predicted octanol–water partition coefficient (Wildman–Crippen LogP) is 2.23. The minimum absolute atomic E-state index is 0.000290. The molecule has 1 heterocycles. The van der Waals surface area contributed by atoms with Crippen molar-refractivity contribution in [3.8, 4) is 5.75 Å². The molecule has 10 heteroatoms. The highest BCUT2D eigenvalue weighted by Gasteiger charge is 2.30. The van der Waals surface area contributed by atoms with Crippen LogP contribution in [0, 0.1) is 10.1 Å². The summed E-state index contributed by atoms with van der Waals surface area (Å²) in [4.78, 5) is 46.4. The van der Waals surface area contributed by atoms with Crippen LogP contribution in [-0.4, -0.2) is 48.0 Å². The quantitative estimate of drug-likeness (QED) is 0.171. The van der Waals surface area contributed by atoms with Gasteiger partial charge in [-0.1, -0.05) is 0 Å². The SMILES string of the molecule is CCOC(=O)CCCCOc1ccc([N+](=O)[O-])c(C=C2C(=O)NC(=O)N2C)c1. The fourth-order valence-corrected chi connectivity index (χ4v) is 2.52. The Bertz CT molecular complexity index is 819. The molecule has 0 aromatic heterocycles. The largest absolute Gasteiger partial charge is 0.494 e. The molecule has 0 spiro atoms. The number of nitro benzene ring substituents is 1. The zero-order chi connectivity index (χ0) is 20.7. The van der Waals surface area contributed by atoms with Gasteiger partial charge >= 0.3 is 12.0 Å². The van der Waals surface area contributed by atoms with Crippen LogP contribution >= 0.6 is 0 Å². The molecular weight excluding hydrogens is 370 g/mol. The summed E-state index contributed by atoms with van der Waals surface area (Å²) in [5.41, 5.74) is -0.0804. The zero-order valence-electron chi connectivity index (χ0n) is 15.6. The fraction of sp³-hybridized carbons (Fsp3) is 0.389. The van der Waals surface area contributed by atoms with Crippen LogP contribution < -0.4 is 10.1 Å². The molecule has 1 saturated heterocycles. The van der Waals surface area contributed by atoms with E-state index in [2.05, 4.69) is 5.32 Å². The van der Waals surface area contributed by atoms with Gasteiger partial charge in [-0.15, -0.1) is 0 Å². The van der Waals surface area contributed by atoms with Gasteiger partial charge < -0.3 is 9.47 Å². The van der Waals surface area contributed by atoms with Gasteiger partial charge in [-0.05, 0) is 38.0 Å². The zero-order valence-corrected chi connectivity index (χ0v) is 15.6. The molecule has 0 radical (unpaired) electrons. The van der Waals surface area contributed by atoms with Crippen molar-refractivity contribution < 1.29 is 28.8 Å². The van der Waals surface area contributed by atoms with Crippen LogP contribution in [0.25, 0.3) is 6.08 Å². The standard InChI is InChI=1S/C18H21N3O7/c1-3-27-16(22)6-4-5-9-28-13-7-8-14(21(25)26)12(10-13)11-15-17(23)19-18(24)20(15)2/h7-8,10-11H,3-6,9H2,1-2H3,(H,19,23,24). The number of amides is 3. The number of carbonyl (C=O) groups excluding carboxylic acids is 3. The Morgan fingerprint density at radius 3 is 2.68 bits per heavy atom. The Morgan fingerprint density at radius 1 is 1.32 bits per heavy atom. The van der Waals surface area contributed by atoms with Crippen molar-refractivity contribution in [1.29, 1.82) is 0 Å². The summed E-state index contributed by atoms with van der Waals surface area (Å²) in [6.45, 7) is 2.40. The number of unbranched alkanes of at least 4 members (excludes halogenated alkanes) is 1. The maximum absolute atomic E-state index is 11.8. The van der Waals surface area contributed by atoms with Crippen LogP contribution in [0.4, 0.5) is 10.5 Å². The van der Waals surface area contributed by atoms with Crippen LogP contribution in [0.2, 0.25) is 0 Å². The molecule has 28 heavy (non-hydrogen) atoms. The summed E-state index contributed by atoms with van der Waals surface area (Å²) < 4.78 is 10.4. The fourth-order valence-electron chi connectivity index (χ4n) is 2.52. The first kappa shape index (κ1) is 20.9. The number of esters is 1. The summed E-state index contributed by atoms with van der Waals surface area (Å²) >= 11 is 0. The minimum atomic E-state index is -0.632. The first-order valence-electron chi connectivity index (χ1n) is 8.71. The number of hydrogen-bond acceptors (Lipinski definition) is 7. The molecule has 150 valence electrons. The van der Waals surface area contributed by atoms with Crippen molar-refractivity contribution in [2.24, 2.45) is 0 Å². The lowest BCUT2D eigenvalue weighted by Gasteiger charge is -2.09. The minimum Gasteiger partial charge on any atom is -0.494 e. The lowest BCUT2D eigenvalue weighted by Crippen LogP contribution is -2.24. The average Bonchev–Trinajstić information content (AvgIpc) is 2.88. The molecule has 0 unspecified atom stereocenters. The van der Waals surface area contributed by atoms with Crippen LogP contribution in [0.3, 0.4) is 0 Å². The number of nitrogens with zero attached hydrogens (tertiary/aromatic N) is 2. The first-order chi connectivity index (χ1) is 13.3. The van der Waals surface area contributed by atoms with E-state index < -0.39 is 16.9 Å². The second-order valence-corrected chi connectivity index (χ2v) is 5.94. The average molecular weight is 391 g/mol. The van der Waals surface area contributed by atoms with E-state index in [4.69, 9.17) is 9.47 Å². The summed E-state index contributed by atoms with van der Waals surface area (Å²) in [5.74, 6) is -0.520. The lowest BCUT2D eigenvalue weighted by molar-refractivity contribution is -0.385. The van der Waals surface area contributed by atoms with Gasteiger partial charge in [0, 0.05) is 19.5 Å². The highest BCUT2D eigenvalue weighted by molar-refractivity contribution is 6.14. The molecule has 0 bridgehead atoms. The van der Waals surface area contributed by atoms with Gasteiger partial charge in [-0.2, -0.15) is 0 Å². The Morgan fingerprint density at radius 2 is 2.07 bits per heavy atom. The second kappa shape index (κ2) is 9.49. The predicted molar refractivity (Wildman–Crippen MR) is 98.4 cm³/mol. The number of nitro groups is 1. The third-order valence-electron chi connectivity index (χ3n) is 3.96. The number of nitrogens with one attached hydrogen (secondary N) is 1. The highest BCUT2D eigenvalue weighted by atomic mass is 16.6. The Hall–Kier alpha value is -3.43. The number of carbonyl (C=O) groups is 3.